The lowest BCUT2D eigenvalue weighted by Gasteiger charge is -2.07. The number of fused-ring (bicyclic) bond motifs is 1. The Morgan fingerprint density at radius 1 is 1.05 bits per heavy atom. The van der Waals surface area contributed by atoms with E-state index in [4.69, 9.17) is 0 Å². The average Bonchev–Trinajstić information content (AvgIpc) is 2.72. The molecule has 0 bridgehead atoms. The SMILES string of the molecule is CCc1cccc2c1C(=O)N(C)C2=O.O=C1CCCC(=O)N1. The van der Waals surface area contributed by atoms with Crippen molar-refractivity contribution >= 4 is 23.6 Å². The Kier molecular flexibility index (Phi) is 4.70. The van der Waals surface area contributed by atoms with Crippen LogP contribution in [-0.2, 0) is 16.0 Å². The number of imide groups is 2. The Morgan fingerprint density at radius 3 is 2.18 bits per heavy atom. The fourth-order valence-electron chi connectivity index (χ4n) is 2.46. The summed E-state index contributed by atoms with van der Waals surface area (Å²) in [5.74, 6) is -0.648. The van der Waals surface area contributed by atoms with E-state index < -0.39 is 0 Å². The molecule has 2 aliphatic heterocycles. The summed E-state index contributed by atoms with van der Waals surface area (Å²) in [5, 5.41) is 2.20. The third kappa shape index (κ3) is 3.05. The summed E-state index contributed by atoms with van der Waals surface area (Å²) >= 11 is 0. The number of nitrogens with one attached hydrogen (secondary N) is 1. The number of nitrogens with zero attached hydrogens (tertiary/aromatic N) is 1. The largest absolute Gasteiger partial charge is 0.296 e. The van der Waals surface area contributed by atoms with Crippen molar-refractivity contribution in [2.45, 2.75) is 32.6 Å². The van der Waals surface area contributed by atoms with Crippen LogP contribution in [0.2, 0.25) is 0 Å². The number of piperidine rings is 1. The average molecular weight is 302 g/mol. The smallest absolute Gasteiger partial charge is 0.261 e. The van der Waals surface area contributed by atoms with E-state index in [1.54, 1.807) is 6.07 Å². The predicted octanol–water partition coefficient (Wildman–Crippen LogP) is 1.29. The fraction of sp³-hybridized carbons (Fsp3) is 0.375. The van der Waals surface area contributed by atoms with Gasteiger partial charge in [0.2, 0.25) is 11.8 Å². The normalized spacial score (nSPS) is 16.9. The molecule has 0 saturated carbocycles. The van der Waals surface area contributed by atoms with Gasteiger partial charge < -0.3 is 0 Å². The fourth-order valence-corrected chi connectivity index (χ4v) is 2.46. The van der Waals surface area contributed by atoms with Crippen LogP contribution < -0.4 is 5.32 Å². The van der Waals surface area contributed by atoms with E-state index in [1.807, 2.05) is 19.1 Å². The van der Waals surface area contributed by atoms with Crippen LogP contribution in [0.1, 0.15) is 52.5 Å². The second kappa shape index (κ2) is 6.51. The minimum atomic E-state index is -0.194. The summed E-state index contributed by atoms with van der Waals surface area (Å²) in [7, 11) is 1.52. The van der Waals surface area contributed by atoms with Crippen molar-refractivity contribution in [1.82, 2.24) is 10.2 Å². The molecule has 22 heavy (non-hydrogen) atoms. The third-order valence-electron chi connectivity index (χ3n) is 3.67. The predicted molar refractivity (Wildman–Crippen MR) is 79.2 cm³/mol. The minimum Gasteiger partial charge on any atom is -0.296 e. The second-order valence-electron chi connectivity index (χ2n) is 5.19. The number of hydrogen-bond donors (Lipinski definition) is 1. The molecule has 1 aromatic carbocycles. The zero-order chi connectivity index (χ0) is 16.3. The molecule has 1 saturated heterocycles. The summed E-state index contributed by atoms with van der Waals surface area (Å²) in [6.45, 7) is 1.98. The Labute approximate surface area is 128 Å². The van der Waals surface area contributed by atoms with Crippen molar-refractivity contribution in [1.29, 1.82) is 0 Å². The van der Waals surface area contributed by atoms with Crippen molar-refractivity contribution in [3.8, 4) is 0 Å². The van der Waals surface area contributed by atoms with Crippen molar-refractivity contribution in [3.05, 3.63) is 34.9 Å². The molecule has 6 nitrogen and oxygen atoms in total. The molecule has 6 heteroatoms. The number of carbonyl (C=O) groups excluding carboxylic acids is 4. The molecule has 2 aliphatic rings. The van der Waals surface area contributed by atoms with Gasteiger partial charge in [-0.25, -0.2) is 0 Å². The highest BCUT2D eigenvalue weighted by molar-refractivity contribution is 6.21. The maximum atomic E-state index is 11.7. The van der Waals surface area contributed by atoms with Gasteiger partial charge in [-0.2, -0.15) is 0 Å². The summed E-state index contributed by atoms with van der Waals surface area (Å²) in [6.07, 6.45) is 2.50. The van der Waals surface area contributed by atoms with Crippen LogP contribution in [0.15, 0.2) is 18.2 Å². The van der Waals surface area contributed by atoms with E-state index in [2.05, 4.69) is 5.32 Å². The lowest BCUT2D eigenvalue weighted by molar-refractivity contribution is -0.132. The quantitative estimate of drug-likeness (QED) is 0.792. The highest BCUT2D eigenvalue weighted by Crippen LogP contribution is 2.24. The first kappa shape index (κ1) is 15.9. The van der Waals surface area contributed by atoms with E-state index in [9.17, 15) is 19.2 Å². The number of carbonyl (C=O) groups is 4. The van der Waals surface area contributed by atoms with Gasteiger partial charge >= 0.3 is 0 Å². The molecular formula is C16H18N2O4. The van der Waals surface area contributed by atoms with Crippen LogP contribution in [0.4, 0.5) is 0 Å². The molecule has 2 heterocycles. The minimum absolute atomic E-state index is 0.138. The molecule has 0 atom stereocenters. The Bertz CT molecular complexity index is 638. The van der Waals surface area contributed by atoms with Crippen LogP contribution in [-0.4, -0.2) is 35.6 Å². The number of hydrogen-bond acceptors (Lipinski definition) is 4. The second-order valence-corrected chi connectivity index (χ2v) is 5.19. The van der Waals surface area contributed by atoms with E-state index in [0.29, 0.717) is 30.4 Å². The molecule has 1 N–H and O–H groups in total. The Balaban J connectivity index is 0.000000188. The maximum Gasteiger partial charge on any atom is 0.261 e. The molecule has 0 unspecified atom stereocenters. The van der Waals surface area contributed by atoms with E-state index >= 15 is 0 Å². The molecule has 4 amide bonds. The number of benzene rings is 1. The first-order valence-electron chi connectivity index (χ1n) is 7.22. The van der Waals surface area contributed by atoms with Gasteiger partial charge in [0.15, 0.2) is 0 Å². The first-order chi connectivity index (χ1) is 10.5. The van der Waals surface area contributed by atoms with Gasteiger partial charge in [0.1, 0.15) is 0 Å². The Morgan fingerprint density at radius 2 is 1.68 bits per heavy atom. The van der Waals surface area contributed by atoms with Gasteiger partial charge in [-0.05, 0) is 24.5 Å². The zero-order valence-electron chi connectivity index (χ0n) is 12.6. The molecule has 0 spiro atoms. The number of aryl methyl sites for hydroxylation is 1. The summed E-state index contributed by atoms with van der Waals surface area (Å²) in [5.41, 5.74) is 2.07. The summed E-state index contributed by atoms with van der Waals surface area (Å²) in [4.78, 5) is 45.1. The van der Waals surface area contributed by atoms with Crippen LogP contribution in [0.3, 0.4) is 0 Å². The van der Waals surface area contributed by atoms with Crippen molar-refractivity contribution in [3.63, 3.8) is 0 Å². The topological polar surface area (TPSA) is 83.6 Å². The summed E-state index contributed by atoms with van der Waals surface area (Å²) in [6, 6.07) is 5.42. The number of rotatable bonds is 1. The van der Waals surface area contributed by atoms with Gasteiger partial charge in [-0.1, -0.05) is 19.1 Å². The third-order valence-corrected chi connectivity index (χ3v) is 3.67. The monoisotopic (exact) mass is 302 g/mol. The van der Waals surface area contributed by atoms with Crippen LogP contribution in [0.25, 0.3) is 0 Å². The van der Waals surface area contributed by atoms with Gasteiger partial charge in [0, 0.05) is 19.9 Å². The van der Waals surface area contributed by atoms with Crippen molar-refractivity contribution in [2.24, 2.45) is 0 Å². The van der Waals surface area contributed by atoms with Gasteiger partial charge in [0.05, 0.1) is 11.1 Å². The molecule has 0 aromatic heterocycles. The standard InChI is InChI=1S/C11H11NO2.C5H7NO2/c1-3-7-5-4-6-8-9(7)11(14)12(2)10(8)13;7-4-2-1-3-5(8)6-4/h4-6H,3H2,1-2H3;1-3H2,(H,6,7,8). The van der Waals surface area contributed by atoms with E-state index in [0.717, 1.165) is 12.0 Å². The molecular weight excluding hydrogens is 284 g/mol. The van der Waals surface area contributed by atoms with E-state index in [-0.39, 0.29) is 23.6 Å². The molecule has 1 fully saturated rings. The molecule has 0 radical (unpaired) electrons. The molecule has 0 aliphatic carbocycles. The van der Waals surface area contributed by atoms with Crippen LogP contribution >= 0.6 is 0 Å². The molecule has 1 aromatic rings. The van der Waals surface area contributed by atoms with Gasteiger partial charge in [-0.3, -0.25) is 29.4 Å². The highest BCUT2D eigenvalue weighted by Gasteiger charge is 2.33. The van der Waals surface area contributed by atoms with Crippen LogP contribution in [0, 0.1) is 0 Å². The molecule has 3 rings (SSSR count). The van der Waals surface area contributed by atoms with Gasteiger partial charge in [-0.15, -0.1) is 0 Å². The first-order valence-corrected chi connectivity index (χ1v) is 7.22. The summed E-state index contributed by atoms with van der Waals surface area (Å²) < 4.78 is 0. The van der Waals surface area contributed by atoms with E-state index in [1.165, 1.54) is 11.9 Å². The lowest BCUT2D eigenvalue weighted by atomic mass is 10.0. The maximum absolute atomic E-state index is 11.7. The lowest BCUT2D eigenvalue weighted by Crippen LogP contribution is -2.33. The zero-order valence-corrected chi connectivity index (χ0v) is 12.6. The Hall–Kier alpha value is -2.50. The molecule has 116 valence electrons. The van der Waals surface area contributed by atoms with Crippen molar-refractivity contribution < 1.29 is 19.2 Å². The van der Waals surface area contributed by atoms with Gasteiger partial charge in [0.25, 0.3) is 11.8 Å². The van der Waals surface area contributed by atoms with Crippen molar-refractivity contribution in [2.75, 3.05) is 7.05 Å². The highest BCUT2D eigenvalue weighted by atomic mass is 16.2. The number of amides is 4. The van der Waals surface area contributed by atoms with Crippen LogP contribution in [0.5, 0.6) is 0 Å².